The summed E-state index contributed by atoms with van der Waals surface area (Å²) in [5.41, 5.74) is 0.993. The van der Waals surface area contributed by atoms with Crippen LogP contribution in [-0.4, -0.2) is 42.8 Å². The number of carbonyl (C=O) groups is 1. The lowest BCUT2D eigenvalue weighted by molar-refractivity contribution is 0.207. The topological polar surface area (TPSA) is 57.7 Å². The van der Waals surface area contributed by atoms with Gasteiger partial charge in [0.1, 0.15) is 0 Å². The van der Waals surface area contributed by atoms with E-state index in [1.54, 1.807) is 29.2 Å². The molecule has 2 amide bonds. The molecule has 102 valence electrons. The highest BCUT2D eigenvalue weighted by molar-refractivity contribution is 7.89. The molecule has 2 saturated heterocycles. The first-order valence-electron chi connectivity index (χ1n) is 6.40. The number of urea groups is 1. The molecule has 0 aromatic heterocycles. The van der Waals surface area contributed by atoms with E-state index in [2.05, 4.69) is 0 Å². The standard InChI is InChI=1S/C13H16N2O3S/c1-10-4-6-12(7-5-10)19(17,18)15-9-11-3-2-8-14(11)13(15)16/h4-7,11H,2-3,8-9H2,1H3. The largest absolute Gasteiger partial charge is 0.334 e. The summed E-state index contributed by atoms with van der Waals surface area (Å²) in [5, 5.41) is 0. The average molecular weight is 280 g/mol. The van der Waals surface area contributed by atoms with Crippen molar-refractivity contribution in [3.05, 3.63) is 29.8 Å². The zero-order valence-corrected chi connectivity index (χ0v) is 11.6. The van der Waals surface area contributed by atoms with Gasteiger partial charge >= 0.3 is 6.03 Å². The number of sulfonamides is 1. The van der Waals surface area contributed by atoms with Crippen LogP contribution in [0.5, 0.6) is 0 Å². The van der Waals surface area contributed by atoms with Crippen LogP contribution in [0, 0.1) is 6.92 Å². The molecule has 19 heavy (non-hydrogen) atoms. The molecule has 5 nitrogen and oxygen atoms in total. The van der Waals surface area contributed by atoms with Crippen molar-refractivity contribution >= 4 is 16.1 Å². The van der Waals surface area contributed by atoms with Crippen molar-refractivity contribution in [3.8, 4) is 0 Å². The molecule has 2 aliphatic rings. The SMILES string of the molecule is Cc1ccc(S(=O)(=O)N2CC3CCCN3C2=O)cc1. The van der Waals surface area contributed by atoms with E-state index in [4.69, 9.17) is 0 Å². The molecule has 0 N–H and O–H groups in total. The van der Waals surface area contributed by atoms with Gasteiger partial charge in [0.25, 0.3) is 10.0 Å². The summed E-state index contributed by atoms with van der Waals surface area (Å²) in [4.78, 5) is 14.0. The third kappa shape index (κ3) is 1.90. The zero-order valence-electron chi connectivity index (χ0n) is 10.7. The Labute approximate surface area is 112 Å². The van der Waals surface area contributed by atoms with E-state index in [0.29, 0.717) is 6.54 Å². The van der Waals surface area contributed by atoms with Crippen LogP contribution in [0.15, 0.2) is 29.2 Å². The molecule has 2 aliphatic heterocycles. The van der Waals surface area contributed by atoms with Crippen molar-refractivity contribution in [2.75, 3.05) is 13.1 Å². The molecule has 1 atom stereocenters. The second-order valence-electron chi connectivity index (χ2n) is 5.12. The van der Waals surface area contributed by atoms with Gasteiger partial charge in [-0.1, -0.05) is 17.7 Å². The maximum absolute atomic E-state index is 12.5. The lowest BCUT2D eigenvalue weighted by atomic mass is 10.2. The van der Waals surface area contributed by atoms with Gasteiger partial charge in [-0.3, -0.25) is 0 Å². The quantitative estimate of drug-likeness (QED) is 0.826. The summed E-state index contributed by atoms with van der Waals surface area (Å²) in [6.07, 6.45) is 1.86. The molecule has 0 radical (unpaired) electrons. The summed E-state index contributed by atoms with van der Waals surface area (Å²) in [5.74, 6) is 0. The molecular weight excluding hydrogens is 264 g/mol. The molecule has 1 aromatic carbocycles. The minimum Gasteiger partial charge on any atom is -0.319 e. The lowest BCUT2D eigenvalue weighted by Gasteiger charge is -2.17. The molecule has 0 aliphatic carbocycles. The Hall–Kier alpha value is -1.56. The highest BCUT2D eigenvalue weighted by atomic mass is 32.2. The smallest absolute Gasteiger partial charge is 0.319 e. The summed E-state index contributed by atoms with van der Waals surface area (Å²) in [7, 11) is -3.70. The summed E-state index contributed by atoms with van der Waals surface area (Å²) < 4.78 is 25.9. The molecule has 2 fully saturated rings. The van der Waals surface area contributed by atoms with Crippen molar-refractivity contribution in [1.82, 2.24) is 9.21 Å². The van der Waals surface area contributed by atoms with Gasteiger partial charge in [-0.2, -0.15) is 0 Å². The Morgan fingerprint density at radius 1 is 1.21 bits per heavy atom. The predicted octanol–water partition coefficient (Wildman–Crippen LogP) is 1.58. The van der Waals surface area contributed by atoms with Crippen LogP contribution in [0.1, 0.15) is 18.4 Å². The van der Waals surface area contributed by atoms with E-state index in [-0.39, 0.29) is 23.5 Å². The minimum absolute atomic E-state index is 0.0627. The number of hydrogen-bond donors (Lipinski definition) is 0. The second-order valence-corrected chi connectivity index (χ2v) is 6.98. The van der Waals surface area contributed by atoms with Crippen molar-refractivity contribution in [1.29, 1.82) is 0 Å². The van der Waals surface area contributed by atoms with Crippen molar-refractivity contribution in [2.45, 2.75) is 30.7 Å². The molecule has 6 heteroatoms. The fourth-order valence-electron chi connectivity index (χ4n) is 2.73. The number of carbonyl (C=O) groups excluding carboxylic acids is 1. The third-order valence-corrected chi connectivity index (χ3v) is 5.58. The number of amides is 2. The molecule has 1 unspecified atom stereocenters. The van der Waals surface area contributed by atoms with E-state index in [1.165, 1.54) is 0 Å². The van der Waals surface area contributed by atoms with Gasteiger partial charge < -0.3 is 4.90 Å². The number of hydrogen-bond acceptors (Lipinski definition) is 3. The normalized spacial score (nSPS) is 23.0. The van der Waals surface area contributed by atoms with Crippen LogP contribution >= 0.6 is 0 Å². The molecule has 2 heterocycles. The van der Waals surface area contributed by atoms with Crippen molar-refractivity contribution in [3.63, 3.8) is 0 Å². The summed E-state index contributed by atoms with van der Waals surface area (Å²) >= 11 is 0. The van der Waals surface area contributed by atoms with E-state index in [0.717, 1.165) is 22.7 Å². The first-order chi connectivity index (χ1) is 9.00. The number of aryl methyl sites for hydroxylation is 1. The number of fused-ring (bicyclic) bond motifs is 1. The van der Waals surface area contributed by atoms with E-state index >= 15 is 0 Å². The van der Waals surface area contributed by atoms with Crippen LogP contribution in [-0.2, 0) is 10.0 Å². The molecule has 0 spiro atoms. The Balaban J connectivity index is 1.93. The minimum atomic E-state index is -3.70. The van der Waals surface area contributed by atoms with Gasteiger partial charge in [0, 0.05) is 6.54 Å². The molecule has 0 bridgehead atoms. The Morgan fingerprint density at radius 3 is 2.53 bits per heavy atom. The molecule has 1 aromatic rings. The molecular formula is C13H16N2O3S. The van der Waals surface area contributed by atoms with Gasteiger partial charge in [-0.25, -0.2) is 17.5 Å². The van der Waals surface area contributed by atoms with Crippen LogP contribution in [0.3, 0.4) is 0 Å². The fourth-order valence-corrected chi connectivity index (χ4v) is 4.14. The van der Waals surface area contributed by atoms with Crippen molar-refractivity contribution < 1.29 is 13.2 Å². The van der Waals surface area contributed by atoms with Crippen LogP contribution in [0.4, 0.5) is 4.79 Å². The lowest BCUT2D eigenvalue weighted by Crippen LogP contribution is -2.36. The van der Waals surface area contributed by atoms with E-state index in [1.807, 2.05) is 6.92 Å². The first-order valence-corrected chi connectivity index (χ1v) is 7.84. The van der Waals surface area contributed by atoms with Gasteiger partial charge in [-0.15, -0.1) is 0 Å². The highest BCUT2D eigenvalue weighted by Crippen LogP contribution is 2.30. The first kappa shape index (κ1) is 12.5. The van der Waals surface area contributed by atoms with Gasteiger partial charge in [0.2, 0.25) is 0 Å². The maximum atomic E-state index is 12.5. The van der Waals surface area contributed by atoms with Crippen LogP contribution in [0.25, 0.3) is 0 Å². The monoisotopic (exact) mass is 280 g/mol. The average Bonchev–Trinajstić information content (AvgIpc) is 2.93. The third-order valence-electron chi connectivity index (χ3n) is 3.82. The summed E-state index contributed by atoms with van der Waals surface area (Å²) in [6.45, 7) is 2.85. The fraction of sp³-hybridized carbons (Fsp3) is 0.462. The Kier molecular flexibility index (Phi) is 2.78. The van der Waals surface area contributed by atoms with E-state index in [9.17, 15) is 13.2 Å². The number of benzene rings is 1. The maximum Gasteiger partial charge on any atom is 0.334 e. The Morgan fingerprint density at radius 2 is 1.89 bits per heavy atom. The number of rotatable bonds is 2. The van der Waals surface area contributed by atoms with Gasteiger partial charge in [-0.05, 0) is 31.9 Å². The molecule has 0 saturated carbocycles. The van der Waals surface area contributed by atoms with Crippen LogP contribution < -0.4 is 0 Å². The number of nitrogens with zero attached hydrogens (tertiary/aromatic N) is 2. The van der Waals surface area contributed by atoms with Crippen molar-refractivity contribution in [2.24, 2.45) is 0 Å². The van der Waals surface area contributed by atoms with Gasteiger partial charge in [0.05, 0.1) is 17.5 Å². The second kappa shape index (κ2) is 4.23. The highest BCUT2D eigenvalue weighted by Gasteiger charge is 2.45. The molecule has 3 rings (SSSR count). The Bertz CT molecular complexity index is 609. The van der Waals surface area contributed by atoms with Gasteiger partial charge in [0.15, 0.2) is 0 Å². The van der Waals surface area contributed by atoms with E-state index < -0.39 is 10.0 Å². The predicted molar refractivity (Wildman–Crippen MR) is 70.2 cm³/mol. The summed E-state index contributed by atoms with van der Waals surface area (Å²) in [6, 6.07) is 6.29. The van der Waals surface area contributed by atoms with Crippen LogP contribution in [0.2, 0.25) is 0 Å². The zero-order chi connectivity index (χ0) is 13.6.